The second-order valence-electron chi connectivity index (χ2n) is 22.0. The number of nitrogen functional groups attached to an aromatic ring is 1. The van der Waals surface area contributed by atoms with Gasteiger partial charge in [0.25, 0.3) is 0 Å². The van der Waals surface area contributed by atoms with Gasteiger partial charge in [-0.05, 0) is 193 Å². The number of benzene rings is 9. The maximum Gasteiger partial charge on any atom is 0.678 e. The Morgan fingerprint density at radius 2 is 0.908 bits per heavy atom. The molecular formula is C77H74BF2N3O2P2+2. The molecule has 1 aliphatic rings. The van der Waals surface area contributed by atoms with E-state index in [-0.39, 0.29) is 0 Å². The summed E-state index contributed by atoms with van der Waals surface area (Å²) < 4.78 is 46.8. The lowest BCUT2D eigenvalue weighted by atomic mass is 9.91. The quantitative estimate of drug-likeness (QED) is 0.0284. The fourth-order valence-electron chi connectivity index (χ4n) is 12.8. The highest BCUT2D eigenvalue weighted by atomic mass is 31.2. The molecule has 434 valence electrons. The van der Waals surface area contributed by atoms with Crippen LogP contribution in [0.1, 0.15) is 68.0 Å². The number of ether oxygens (including phenoxy) is 2. The maximum atomic E-state index is 16.3. The lowest BCUT2D eigenvalue weighted by Gasteiger charge is -2.27. The lowest BCUT2D eigenvalue weighted by molar-refractivity contribution is 0.318. The van der Waals surface area contributed by atoms with Crippen molar-refractivity contribution in [1.82, 2.24) is 4.48 Å². The van der Waals surface area contributed by atoms with E-state index in [1.54, 1.807) is 0 Å². The van der Waals surface area contributed by atoms with Gasteiger partial charge in [-0.25, -0.2) is 4.99 Å². The minimum Gasteiger partial charge on any atom is -0.493 e. The zero-order valence-electron chi connectivity index (χ0n) is 50.1. The van der Waals surface area contributed by atoms with Crippen LogP contribution in [0.2, 0.25) is 0 Å². The molecule has 2 heterocycles. The number of aromatic nitrogens is 1. The third-order valence-electron chi connectivity index (χ3n) is 16.9. The minimum absolute atomic E-state index is 0.453. The van der Waals surface area contributed by atoms with Crippen LogP contribution in [0, 0.1) is 6.92 Å². The van der Waals surface area contributed by atoms with Gasteiger partial charge in [0.1, 0.15) is 57.9 Å². The van der Waals surface area contributed by atoms with Gasteiger partial charge in [0.05, 0.1) is 36.9 Å². The van der Waals surface area contributed by atoms with Crippen molar-refractivity contribution in [3.05, 3.63) is 306 Å². The van der Waals surface area contributed by atoms with Gasteiger partial charge in [-0.1, -0.05) is 153 Å². The van der Waals surface area contributed by atoms with Crippen molar-refractivity contribution in [2.45, 2.75) is 53.4 Å². The Morgan fingerprint density at radius 1 is 0.506 bits per heavy atom. The van der Waals surface area contributed by atoms with Crippen LogP contribution in [0.25, 0.3) is 22.9 Å². The molecule has 87 heavy (non-hydrogen) atoms. The van der Waals surface area contributed by atoms with Crippen LogP contribution in [-0.2, 0) is 6.42 Å². The summed E-state index contributed by atoms with van der Waals surface area (Å²) in [5.41, 5.74) is 16.0. The van der Waals surface area contributed by atoms with Crippen molar-refractivity contribution in [3.8, 4) is 22.8 Å². The first-order valence-corrected chi connectivity index (χ1v) is 34.2. The predicted molar refractivity (Wildman–Crippen MR) is 370 cm³/mol. The Hall–Kier alpha value is -8.67. The fourth-order valence-corrected chi connectivity index (χ4v) is 21.4. The Balaban J connectivity index is 0.845. The molecule has 11 rings (SSSR count). The molecule has 0 bridgehead atoms. The summed E-state index contributed by atoms with van der Waals surface area (Å²) in [6.07, 6.45) is 8.93. The van der Waals surface area contributed by atoms with Crippen molar-refractivity contribution in [1.29, 1.82) is 0 Å². The molecule has 10 aromatic rings. The topological polar surface area (TPSA) is 61.8 Å². The third-order valence-corrected chi connectivity index (χ3v) is 26.0. The van der Waals surface area contributed by atoms with E-state index < -0.39 is 21.9 Å². The summed E-state index contributed by atoms with van der Waals surface area (Å²) in [5, 5.41) is 8.10. The molecule has 2 N–H and O–H groups in total. The number of nitrogens with zero attached hydrogens (tertiary/aromatic N) is 2. The number of allylic oxidation sites excluding steroid dienone is 3. The standard InChI is InChI=1S/C77H74BF2N3O2P2/c1-5-71-57(3)75(82-73(71)52-41-59-39-48-63(49-40-59)84-53-25-55-86(65-27-13-7-14-28-65,66-29-15-8-16-30-66)67-31-17-9-18-32-67)74(60-42-46-62(81)47-43-60)77-72(6-2)58(4)76(83(77)78(79)80)61-44-50-64(51-45-61)85-54-26-56-87(68-33-19-10-20-34-68,69-35-21-11-22-36-69)70-37-23-12-24-38-70/h7-24,27-52H,5-6,25-26,53-56,81H2,1-4H3/q+2/b52-41+,75-74-. The molecule has 1 aromatic heterocycles. The summed E-state index contributed by atoms with van der Waals surface area (Å²) in [5.74, 6) is 1.50. The van der Waals surface area contributed by atoms with Gasteiger partial charge in [-0.2, -0.15) is 0 Å². The first-order valence-electron chi connectivity index (χ1n) is 30.3. The number of rotatable bonds is 24. The Kier molecular flexibility index (Phi) is 19.2. The van der Waals surface area contributed by atoms with Gasteiger partial charge in [-0.15, -0.1) is 0 Å². The SMILES string of the molecule is CCC1=C(C)/C(=C(\c2ccc(N)cc2)c2c(CC)c(C)c(-c3ccc(OCCC[P+](c4ccccc4)(c4ccccc4)c4ccccc4)cc3)n2B(F)F)N=C1/C=C/c1ccc(OCCC[P+](c2ccccc2)(c2ccccc2)c2ccccc2)cc1. The highest BCUT2D eigenvalue weighted by Crippen LogP contribution is 2.57. The molecule has 5 nitrogen and oxygen atoms in total. The van der Waals surface area contributed by atoms with E-state index in [0.29, 0.717) is 65.7 Å². The number of nitrogens with two attached hydrogens (primary N) is 1. The molecule has 9 aromatic carbocycles. The highest BCUT2D eigenvalue weighted by Gasteiger charge is 2.46. The smallest absolute Gasteiger partial charge is 0.493 e. The molecule has 0 atom stereocenters. The average Bonchev–Trinajstić information content (AvgIpc) is 1.78. The number of hydrogen-bond acceptors (Lipinski definition) is 4. The van der Waals surface area contributed by atoms with Crippen LogP contribution in [0.3, 0.4) is 0 Å². The van der Waals surface area contributed by atoms with E-state index >= 15 is 8.63 Å². The molecule has 0 saturated heterocycles. The van der Waals surface area contributed by atoms with Crippen LogP contribution in [0.5, 0.6) is 11.5 Å². The summed E-state index contributed by atoms with van der Waals surface area (Å²) in [6.45, 7) is 9.26. The zero-order chi connectivity index (χ0) is 60.2. The highest BCUT2D eigenvalue weighted by molar-refractivity contribution is 7.96. The minimum atomic E-state index is -2.86. The second-order valence-corrected chi connectivity index (χ2v) is 29.2. The third kappa shape index (κ3) is 12.6. The monoisotopic (exact) mass is 1180 g/mol. The van der Waals surface area contributed by atoms with Crippen molar-refractivity contribution >= 4 is 76.8 Å². The van der Waals surface area contributed by atoms with E-state index in [2.05, 4.69) is 214 Å². The van der Waals surface area contributed by atoms with Crippen LogP contribution >= 0.6 is 14.5 Å². The van der Waals surface area contributed by atoms with Gasteiger partial charge >= 0.3 is 7.40 Å². The first kappa shape index (κ1) is 60.0. The Labute approximate surface area is 514 Å². The molecule has 1 aliphatic heterocycles. The van der Waals surface area contributed by atoms with E-state index in [0.717, 1.165) is 70.0 Å². The molecule has 10 heteroatoms. The average molecular weight is 1180 g/mol. The van der Waals surface area contributed by atoms with Crippen molar-refractivity contribution in [2.24, 2.45) is 4.99 Å². The van der Waals surface area contributed by atoms with E-state index in [4.69, 9.17) is 20.2 Å². The van der Waals surface area contributed by atoms with Crippen molar-refractivity contribution < 1.29 is 18.1 Å². The predicted octanol–water partition coefficient (Wildman–Crippen LogP) is 16.6. The molecule has 0 spiro atoms. The van der Waals surface area contributed by atoms with Gasteiger partial charge in [0, 0.05) is 35.5 Å². The number of hydrogen-bond donors (Lipinski definition) is 1. The van der Waals surface area contributed by atoms with E-state index in [9.17, 15) is 0 Å². The molecular weight excluding hydrogens is 1110 g/mol. The molecule has 0 fully saturated rings. The number of halogens is 2. The van der Waals surface area contributed by atoms with Crippen LogP contribution in [0.15, 0.2) is 283 Å². The fraction of sp³-hybridized carbons (Fsp3) is 0.156. The first-order chi connectivity index (χ1) is 42.6. The Bertz CT molecular complexity index is 3830. The van der Waals surface area contributed by atoms with E-state index in [1.165, 1.54) is 36.3 Å². The summed E-state index contributed by atoms with van der Waals surface area (Å²) in [6, 6.07) is 88.9. The van der Waals surface area contributed by atoms with E-state index in [1.807, 2.05) is 80.6 Å². The normalized spacial score (nSPS) is 13.2. The lowest BCUT2D eigenvalue weighted by Crippen LogP contribution is -2.33. The molecule has 0 unspecified atom stereocenters. The molecule has 0 radical (unpaired) electrons. The summed E-state index contributed by atoms with van der Waals surface area (Å²) in [4.78, 5) is 5.38. The van der Waals surface area contributed by atoms with Gasteiger partial charge in [-0.3, -0.25) is 8.63 Å². The largest absolute Gasteiger partial charge is 0.678 e. The summed E-state index contributed by atoms with van der Waals surface area (Å²) >= 11 is 0. The van der Waals surface area contributed by atoms with Gasteiger partial charge in [0.2, 0.25) is 0 Å². The van der Waals surface area contributed by atoms with Crippen LogP contribution in [-0.4, -0.2) is 43.1 Å². The van der Waals surface area contributed by atoms with Crippen molar-refractivity contribution in [3.63, 3.8) is 0 Å². The maximum absolute atomic E-state index is 16.3. The van der Waals surface area contributed by atoms with Gasteiger partial charge < -0.3 is 19.7 Å². The van der Waals surface area contributed by atoms with Crippen molar-refractivity contribution in [2.75, 3.05) is 31.3 Å². The zero-order valence-corrected chi connectivity index (χ0v) is 51.9. The summed E-state index contributed by atoms with van der Waals surface area (Å²) in [7, 11) is -6.86. The number of anilines is 1. The Morgan fingerprint density at radius 3 is 1.29 bits per heavy atom. The molecule has 0 amide bonds. The van der Waals surface area contributed by atoms with Crippen LogP contribution < -0.4 is 47.0 Å². The second kappa shape index (κ2) is 27.8. The number of aliphatic imine (C=N–C) groups is 1. The molecule has 0 aliphatic carbocycles. The van der Waals surface area contributed by atoms with Crippen LogP contribution in [0.4, 0.5) is 14.3 Å². The molecule has 0 saturated carbocycles. The van der Waals surface area contributed by atoms with Gasteiger partial charge in [0.15, 0.2) is 0 Å².